The summed E-state index contributed by atoms with van der Waals surface area (Å²) in [6.07, 6.45) is 5.37. The average Bonchev–Trinajstić information content (AvgIpc) is 2.87. The van der Waals surface area contributed by atoms with Gasteiger partial charge in [-0.3, -0.25) is 4.79 Å². The van der Waals surface area contributed by atoms with Gasteiger partial charge in [-0.25, -0.2) is 4.98 Å². The van der Waals surface area contributed by atoms with Gasteiger partial charge in [-0.15, -0.1) is 0 Å². The van der Waals surface area contributed by atoms with Crippen molar-refractivity contribution in [1.82, 2.24) is 9.55 Å². The number of hydrogen-bond acceptors (Lipinski definition) is 3. The van der Waals surface area contributed by atoms with Crippen molar-refractivity contribution >= 4 is 11.6 Å². The van der Waals surface area contributed by atoms with E-state index in [1.807, 2.05) is 16.8 Å². The molecule has 5 heteroatoms. The van der Waals surface area contributed by atoms with E-state index in [-0.39, 0.29) is 12.5 Å². The summed E-state index contributed by atoms with van der Waals surface area (Å²) in [4.78, 5) is 16.2. The summed E-state index contributed by atoms with van der Waals surface area (Å²) in [6.45, 7) is 2.32. The molecule has 1 aromatic heterocycles. The van der Waals surface area contributed by atoms with Gasteiger partial charge in [-0.2, -0.15) is 5.26 Å². The lowest BCUT2D eigenvalue weighted by atomic mass is 10.2. The number of hydrogen-bond donors (Lipinski definition) is 1. The van der Waals surface area contributed by atoms with Gasteiger partial charge in [0.2, 0.25) is 5.91 Å². The van der Waals surface area contributed by atoms with Crippen LogP contribution in [0.5, 0.6) is 0 Å². The molecule has 0 unspecified atom stereocenters. The third kappa shape index (κ3) is 3.45. The molecule has 102 valence electrons. The summed E-state index contributed by atoms with van der Waals surface area (Å²) < 4.78 is 1.85. The van der Waals surface area contributed by atoms with Gasteiger partial charge in [-0.1, -0.05) is 6.92 Å². The smallest absolute Gasteiger partial charge is 0.244 e. The molecular formula is C15H16N4O. The number of aryl methyl sites for hydroxylation is 1. The SMILES string of the molecule is CCCc1nccn1CC(=O)Nc1ccc(C#N)cc1. The molecule has 0 bridgehead atoms. The fourth-order valence-electron chi connectivity index (χ4n) is 1.92. The summed E-state index contributed by atoms with van der Waals surface area (Å²) >= 11 is 0. The molecule has 5 nitrogen and oxygen atoms in total. The molecule has 2 rings (SSSR count). The van der Waals surface area contributed by atoms with E-state index in [1.54, 1.807) is 30.5 Å². The van der Waals surface area contributed by atoms with Crippen molar-refractivity contribution in [3.8, 4) is 6.07 Å². The van der Waals surface area contributed by atoms with E-state index in [9.17, 15) is 4.79 Å². The molecule has 0 atom stereocenters. The fraction of sp³-hybridized carbons (Fsp3) is 0.267. The van der Waals surface area contributed by atoms with Crippen molar-refractivity contribution in [3.63, 3.8) is 0 Å². The first-order valence-corrected chi connectivity index (χ1v) is 6.53. The first-order chi connectivity index (χ1) is 9.72. The van der Waals surface area contributed by atoms with Crippen molar-refractivity contribution in [2.75, 3.05) is 5.32 Å². The number of nitrogens with one attached hydrogen (secondary N) is 1. The Labute approximate surface area is 117 Å². The maximum atomic E-state index is 12.0. The average molecular weight is 268 g/mol. The highest BCUT2D eigenvalue weighted by Gasteiger charge is 2.07. The zero-order valence-electron chi connectivity index (χ0n) is 11.3. The largest absolute Gasteiger partial charge is 0.326 e. The van der Waals surface area contributed by atoms with Crippen molar-refractivity contribution in [2.24, 2.45) is 0 Å². The van der Waals surface area contributed by atoms with Gasteiger partial charge >= 0.3 is 0 Å². The van der Waals surface area contributed by atoms with E-state index in [2.05, 4.69) is 17.2 Å². The molecule has 1 aromatic carbocycles. The molecule has 0 saturated heterocycles. The molecule has 0 aliphatic heterocycles. The topological polar surface area (TPSA) is 70.7 Å². The minimum atomic E-state index is -0.106. The number of aromatic nitrogens is 2. The van der Waals surface area contributed by atoms with E-state index in [0.29, 0.717) is 11.3 Å². The van der Waals surface area contributed by atoms with Crippen molar-refractivity contribution in [1.29, 1.82) is 5.26 Å². The van der Waals surface area contributed by atoms with Gasteiger partial charge in [0.15, 0.2) is 0 Å². The van der Waals surface area contributed by atoms with Gasteiger partial charge in [0.1, 0.15) is 12.4 Å². The lowest BCUT2D eigenvalue weighted by Crippen LogP contribution is -2.19. The number of rotatable bonds is 5. The van der Waals surface area contributed by atoms with Gasteiger partial charge in [0.05, 0.1) is 11.6 Å². The highest BCUT2D eigenvalue weighted by atomic mass is 16.1. The highest BCUT2D eigenvalue weighted by Crippen LogP contribution is 2.09. The van der Waals surface area contributed by atoms with Crippen LogP contribution in [0.3, 0.4) is 0 Å². The number of benzene rings is 1. The monoisotopic (exact) mass is 268 g/mol. The lowest BCUT2D eigenvalue weighted by Gasteiger charge is -2.08. The second-order valence-corrected chi connectivity index (χ2v) is 4.46. The fourth-order valence-corrected chi connectivity index (χ4v) is 1.92. The molecule has 0 spiro atoms. The Hall–Kier alpha value is -2.61. The van der Waals surface area contributed by atoms with Crippen LogP contribution in [-0.2, 0) is 17.8 Å². The number of imidazole rings is 1. The summed E-state index contributed by atoms with van der Waals surface area (Å²) in [6, 6.07) is 8.83. The summed E-state index contributed by atoms with van der Waals surface area (Å²) in [5, 5.41) is 11.5. The van der Waals surface area contributed by atoms with Gasteiger partial charge in [0, 0.05) is 24.5 Å². The molecule has 0 aliphatic carbocycles. The van der Waals surface area contributed by atoms with E-state index >= 15 is 0 Å². The summed E-state index contributed by atoms with van der Waals surface area (Å²) in [7, 11) is 0. The van der Waals surface area contributed by atoms with Crippen LogP contribution in [0.2, 0.25) is 0 Å². The van der Waals surface area contributed by atoms with E-state index < -0.39 is 0 Å². The Morgan fingerprint density at radius 3 is 2.80 bits per heavy atom. The molecule has 2 aromatic rings. The van der Waals surface area contributed by atoms with Crippen LogP contribution in [0.15, 0.2) is 36.7 Å². The second kappa shape index (κ2) is 6.53. The molecule has 1 N–H and O–H groups in total. The maximum Gasteiger partial charge on any atom is 0.244 e. The standard InChI is InChI=1S/C15H16N4O/c1-2-3-14-17-8-9-19(14)11-15(20)18-13-6-4-12(10-16)5-7-13/h4-9H,2-3,11H2,1H3,(H,18,20). The number of nitriles is 1. The van der Waals surface area contributed by atoms with E-state index in [4.69, 9.17) is 5.26 Å². The Balaban J connectivity index is 1.98. The quantitative estimate of drug-likeness (QED) is 0.904. The molecule has 0 aliphatic rings. The zero-order valence-corrected chi connectivity index (χ0v) is 11.3. The minimum absolute atomic E-state index is 0.106. The van der Waals surface area contributed by atoms with E-state index in [1.165, 1.54) is 0 Å². The van der Waals surface area contributed by atoms with Crippen LogP contribution < -0.4 is 5.32 Å². The lowest BCUT2D eigenvalue weighted by molar-refractivity contribution is -0.116. The Bertz CT molecular complexity index is 622. The number of nitrogens with zero attached hydrogens (tertiary/aromatic N) is 3. The molecule has 0 fully saturated rings. The van der Waals surface area contributed by atoms with Gasteiger partial charge in [-0.05, 0) is 30.7 Å². The maximum absolute atomic E-state index is 12.0. The molecule has 1 heterocycles. The Morgan fingerprint density at radius 1 is 1.40 bits per heavy atom. The summed E-state index contributed by atoms with van der Waals surface area (Å²) in [5.74, 6) is 0.813. The normalized spacial score (nSPS) is 10.0. The van der Waals surface area contributed by atoms with Crippen LogP contribution in [-0.4, -0.2) is 15.5 Å². The van der Waals surface area contributed by atoms with Crippen molar-refractivity contribution in [2.45, 2.75) is 26.3 Å². The van der Waals surface area contributed by atoms with Crippen LogP contribution in [0.25, 0.3) is 0 Å². The predicted molar refractivity (Wildman–Crippen MR) is 76.0 cm³/mol. The first kappa shape index (κ1) is 13.8. The van der Waals surface area contributed by atoms with Crippen LogP contribution in [0.1, 0.15) is 24.7 Å². The highest BCUT2D eigenvalue weighted by molar-refractivity contribution is 5.90. The molecular weight excluding hydrogens is 252 g/mol. The Kier molecular flexibility index (Phi) is 4.51. The van der Waals surface area contributed by atoms with Gasteiger partial charge < -0.3 is 9.88 Å². The van der Waals surface area contributed by atoms with E-state index in [0.717, 1.165) is 18.7 Å². The minimum Gasteiger partial charge on any atom is -0.326 e. The van der Waals surface area contributed by atoms with Crippen molar-refractivity contribution < 1.29 is 4.79 Å². The third-order valence-electron chi connectivity index (χ3n) is 2.89. The molecule has 20 heavy (non-hydrogen) atoms. The number of anilines is 1. The summed E-state index contributed by atoms with van der Waals surface area (Å²) in [5.41, 5.74) is 1.26. The van der Waals surface area contributed by atoms with Crippen LogP contribution >= 0.6 is 0 Å². The van der Waals surface area contributed by atoms with Crippen LogP contribution in [0, 0.1) is 11.3 Å². The van der Waals surface area contributed by atoms with Gasteiger partial charge in [0.25, 0.3) is 0 Å². The third-order valence-corrected chi connectivity index (χ3v) is 2.89. The van der Waals surface area contributed by atoms with Crippen molar-refractivity contribution in [3.05, 3.63) is 48.0 Å². The number of carbonyl (C=O) groups is 1. The molecule has 1 amide bonds. The second-order valence-electron chi connectivity index (χ2n) is 4.46. The number of amides is 1. The zero-order chi connectivity index (χ0) is 14.4. The predicted octanol–water partition coefficient (Wildman–Crippen LogP) is 2.35. The Morgan fingerprint density at radius 2 is 2.15 bits per heavy atom. The van der Waals surface area contributed by atoms with Crippen LogP contribution in [0.4, 0.5) is 5.69 Å². The molecule has 0 saturated carbocycles. The number of carbonyl (C=O) groups excluding carboxylic acids is 1. The first-order valence-electron chi connectivity index (χ1n) is 6.53. The molecule has 0 radical (unpaired) electrons.